The van der Waals surface area contributed by atoms with E-state index in [9.17, 15) is 4.79 Å². The fraction of sp³-hybridized carbons (Fsp3) is 0.700. The summed E-state index contributed by atoms with van der Waals surface area (Å²) in [6.45, 7) is 9.14. The molecule has 3 saturated heterocycles. The number of carbonyl (C=O) groups is 1. The molecule has 7 nitrogen and oxygen atoms in total. The monoisotopic (exact) mass is 373 g/mol. The quantitative estimate of drug-likeness (QED) is 0.826. The Balaban J connectivity index is 1.24. The van der Waals surface area contributed by atoms with Crippen LogP contribution in [0.2, 0.25) is 0 Å². The highest BCUT2D eigenvalue weighted by Gasteiger charge is 2.31. The number of piperazine rings is 1. The lowest BCUT2D eigenvalue weighted by Crippen LogP contribution is -2.53. The van der Waals surface area contributed by atoms with E-state index in [0.29, 0.717) is 19.1 Å². The van der Waals surface area contributed by atoms with Crippen molar-refractivity contribution < 1.29 is 9.53 Å². The fourth-order valence-electron chi connectivity index (χ4n) is 4.41. The summed E-state index contributed by atoms with van der Waals surface area (Å²) in [6.07, 6.45) is 3.89. The van der Waals surface area contributed by atoms with E-state index in [0.717, 1.165) is 64.6 Å². The summed E-state index contributed by atoms with van der Waals surface area (Å²) in [5.41, 5.74) is 0. The van der Waals surface area contributed by atoms with Crippen LogP contribution in [-0.4, -0.2) is 92.3 Å². The minimum absolute atomic E-state index is 0.173. The molecule has 1 N–H and O–H groups in total. The van der Waals surface area contributed by atoms with Gasteiger partial charge in [0.1, 0.15) is 11.9 Å². The molecule has 0 aromatic carbocycles. The average Bonchev–Trinajstić information content (AvgIpc) is 2.75. The maximum atomic E-state index is 12.7. The first-order valence-corrected chi connectivity index (χ1v) is 10.3. The molecule has 7 heteroatoms. The van der Waals surface area contributed by atoms with Gasteiger partial charge in [-0.25, -0.2) is 4.98 Å². The Bertz CT molecular complexity index is 600. The van der Waals surface area contributed by atoms with E-state index in [1.54, 1.807) is 0 Å². The Labute approximate surface area is 161 Å². The number of hydrogen-bond donors (Lipinski definition) is 1. The summed E-state index contributed by atoms with van der Waals surface area (Å²) < 4.78 is 5.66. The highest BCUT2D eigenvalue weighted by atomic mass is 16.5. The van der Waals surface area contributed by atoms with Crippen LogP contribution in [0, 0.1) is 5.92 Å². The highest BCUT2D eigenvalue weighted by molar-refractivity contribution is 5.81. The normalized spacial score (nSPS) is 27.6. The van der Waals surface area contributed by atoms with Crippen LogP contribution in [0.15, 0.2) is 24.4 Å². The summed E-state index contributed by atoms with van der Waals surface area (Å²) in [4.78, 5) is 24.1. The largest absolute Gasteiger partial charge is 0.366 e. The highest BCUT2D eigenvalue weighted by Crippen LogP contribution is 2.21. The molecule has 0 saturated carbocycles. The zero-order valence-electron chi connectivity index (χ0n) is 16.1. The molecule has 3 aliphatic heterocycles. The number of likely N-dealkylation sites (tertiary alicyclic amines) is 1. The third-order valence-corrected chi connectivity index (χ3v) is 5.90. The standard InChI is InChI=1S/C20H31N5O2/c26-20(18-14-21-7-13-27-18)25-8-3-4-17(16-25)15-23-9-11-24(12-10-23)19-5-1-2-6-22-19/h1-2,5-6,17-18,21H,3-4,7-16H2/t17-,18-/m1/s1. The lowest BCUT2D eigenvalue weighted by atomic mass is 9.96. The molecule has 2 atom stereocenters. The maximum absolute atomic E-state index is 12.7. The number of nitrogens with one attached hydrogen (secondary N) is 1. The smallest absolute Gasteiger partial charge is 0.253 e. The topological polar surface area (TPSA) is 60.9 Å². The van der Waals surface area contributed by atoms with Crippen LogP contribution >= 0.6 is 0 Å². The van der Waals surface area contributed by atoms with Crippen molar-refractivity contribution in [3.8, 4) is 0 Å². The summed E-state index contributed by atoms with van der Waals surface area (Å²) in [6, 6.07) is 6.10. The van der Waals surface area contributed by atoms with Crippen LogP contribution in [0.1, 0.15) is 12.8 Å². The Morgan fingerprint density at radius 3 is 2.85 bits per heavy atom. The molecule has 1 amide bonds. The second-order valence-electron chi connectivity index (χ2n) is 7.83. The van der Waals surface area contributed by atoms with Gasteiger partial charge >= 0.3 is 0 Å². The molecule has 4 rings (SSSR count). The lowest BCUT2D eigenvalue weighted by molar-refractivity contribution is -0.147. The van der Waals surface area contributed by atoms with Gasteiger partial charge in [0, 0.05) is 65.1 Å². The number of carbonyl (C=O) groups excluding carboxylic acids is 1. The Hall–Kier alpha value is -1.70. The minimum atomic E-state index is -0.292. The third-order valence-electron chi connectivity index (χ3n) is 5.90. The van der Waals surface area contributed by atoms with Crippen LogP contribution in [0.5, 0.6) is 0 Å². The number of ether oxygens (including phenoxy) is 1. The summed E-state index contributed by atoms with van der Waals surface area (Å²) in [7, 11) is 0. The molecular weight excluding hydrogens is 342 g/mol. The van der Waals surface area contributed by atoms with Gasteiger partial charge in [-0.15, -0.1) is 0 Å². The van der Waals surface area contributed by atoms with Gasteiger partial charge in [0.25, 0.3) is 5.91 Å². The van der Waals surface area contributed by atoms with Gasteiger partial charge in [0.05, 0.1) is 6.61 Å². The van der Waals surface area contributed by atoms with E-state index >= 15 is 0 Å². The van der Waals surface area contributed by atoms with Crippen LogP contribution in [0.3, 0.4) is 0 Å². The van der Waals surface area contributed by atoms with Crippen molar-refractivity contribution in [3.63, 3.8) is 0 Å². The number of hydrogen-bond acceptors (Lipinski definition) is 6. The number of morpholine rings is 1. The van der Waals surface area contributed by atoms with Crippen LogP contribution in [-0.2, 0) is 9.53 Å². The number of amides is 1. The average molecular weight is 374 g/mol. The Morgan fingerprint density at radius 2 is 2.11 bits per heavy atom. The predicted octanol–water partition coefficient (Wildman–Crippen LogP) is 0.431. The lowest BCUT2D eigenvalue weighted by Gasteiger charge is -2.40. The zero-order valence-corrected chi connectivity index (χ0v) is 16.1. The van der Waals surface area contributed by atoms with Crippen molar-refractivity contribution in [3.05, 3.63) is 24.4 Å². The second kappa shape index (κ2) is 8.99. The van der Waals surface area contributed by atoms with Crippen LogP contribution in [0.25, 0.3) is 0 Å². The van der Waals surface area contributed by atoms with Crippen molar-refractivity contribution in [2.75, 3.05) is 70.4 Å². The Morgan fingerprint density at radius 1 is 1.22 bits per heavy atom. The molecule has 3 fully saturated rings. The number of rotatable bonds is 4. The van der Waals surface area contributed by atoms with E-state index in [4.69, 9.17) is 4.74 Å². The number of anilines is 1. The second-order valence-corrected chi connectivity index (χ2v) is 7.83. The molecule has 0 radical (unpaired) electrons. The molecule has 1 aromatic rings. The van der Waals surface area contributed by atoms with Gasteiger partial charge in [0.15, 0.2) is 0 Å². The molecule has 0 aliphatic carbocycles. The number of piperidine rings is 1. The molecule has 148 valence electrons. The number of nitrogens with zero attached hydrogens (tertiary/aromatic N) is 4. The summed E-state index contributed by atoms with van der Waals surface area (Å²) in [5.74, 6) is 1.82. The van der Waals surface area contributed by atoms with E-state index in [-0.39, 0.29) is 12.0 Å². The van der Waals surface area contributed by atoms with Crippen molar-refractivity contribution in [2.24, 2.45) is 5.92 Å². The SMILES string of the molecule is O=C([C@H]1CNCCO1)N1CCC[C@H](CN2CCN(c3ccccn3)CC2)C1. The molecular formula is C20H31N5O2. The Kier molecular flexibility index (Phi) is 6.21. The molecule has 1 aromatic heterocycles. The van der Waals surface area contributed by atoms with Crippen LogP contribution in [0.4, 0.5) is 5.82 Å². The van der Waals surface area contributed by atoms with Crippen molar-refractivity contribution >= 4 is 11.7 Å². The van der Waals surface area contributed by atoms with Gasteiger partial charge in [-0.3, -0.25) is 9.69 Å². The molecule has 4 heterocycles. The van der Waals surface area contributed by atoms with Crippen molar-refractivity contribution in [1.29, 1.82) is 0 Å². The van der Waals surface area contributed by atoms with Gasteiger partial charge in [-0.05, 0) is 30.9 Å². The van der Waals surface area contributed by atoms with Crippen molar-refractivity contribution in [2.45, 2.75) is 18.9 Å². The summed E-state index contributed by atoms with van der Waals surface area (Å²) >= 11 is 0. The number of pyridine rings is 1. The van der Waals surface area contributed by atoms with Gasteiger partial charge in [-0.2, -0.15) is 0 Å². The van der Waals surface area contributed by atoms with E-state index in [1.165, 1.54) is 6.42 Å². The third kappa shape index (κ3) is 4.78. The molecule has 27 heavy (non-hydrogen) atoms. The first kappa shape index (κ1) is 18.7. The van der Waals surface area contributed by atoms with Gasteiger partial charge in [0.2, 0.25) is 0 Å². The minimum Gasteiger partial charge on any atom is -0.366 e. The molecule has 0 unspecified atom stereocenters. The van der Waals surface area contributed by atoms with Gasteiger partial charge < -0.3 is 19.9 Å². The molecule has 0 bridgehead atoms. The van der Waals surface area contributed by atoms with E-state index in [2.05, 4.69) is 26.2 Å². The first-order chi connectivity index (χ1) is 13.3. The van der Waals surface area contributed by atoms with Crippen LogP contribution < -0.4 is 10.2 Å². The van der Waals surface area contributed by atoms with Gasteiger partial charge in [-0.1, -0.05) is 6.07 Å². The molecule has 3 aliphatic rings. The maximum Gasteiger partial charge on any atom is 0.253 e. The predicted molar refractivity (Wildman–Crippen MR) is 105 cm³/mol. The first-order valence-electron chi connectivity index (χ1n) is 10.3. The molecule has 0 spiro atoms. The number of aromatic nitrogens is 1. The van der Waals surface area contributed by atoms with E-state index < -0.39 is 0 Å². The zero-order chi connectivity index (χ0) is 18.5. The van der Waals surface area contributed by atoms with Crippen molar-refractivity contribution in [1.82, 2.24) is 20.1 Å². The van der Waals surface area contributed by atoms with E-state index in [1.807, 2.05) is 23.2 Å². The fourth-order valence-corrected chi connectivity index (χ4v) is 4.41. The summed E-state index contributed by atoms with van der Waals surface area (Å²) in [5, 5.41) is 3.26.